The van der Waals surface area contributed by atoms with Gasteiger partial charge in [-0.05, 0) is 0 Å². The van der Waals surface area contributed by atoms with E-state index in [1.165, 1.54) is 0 Å². The van der Waals surface area contributed by atoms with Crippen LogP contribution in [0, 0.1) is 12.3 Å². The summed E-state index contributed by atoms with van der Waals surface area (Å²) < 4.78 is 56.0. The number of ether oxygens (including phenoxy) is 10. The molecule has 0 spiro atoms. The fourth-order valence-electron chi connectivity index (χ4n) is 4.74. The number of terminal acetylenes is 1. The van der Waals surface area contributed by atoms with Crippen LogP contribution in [0.2, 0.25) is 0 Å². The van der Waals surface area contributed by atoms with E-state index < -0.39 is 116 Å². The number of hydrogen-bond donors (Lipinski definition) is 0. The van der Waals surface area contributed by atoms with Crippen LogP contribution in [0.3, 0.4) is 0 Å². The highest BCUT2D eigenvalue weighted by atomic mass is 32.2. The topological polar surface area (TPSA) is 212 Å². The molecule has 17 nitrogen and oxygen atoms in total. The average molecular weight is 691 g/mol. The highest BCUT2D eigenvalue weighted by Gasteiger charge is 2.57. The molecule has 0 amide bonds. The monoisotopic (exact) mass is 690 g/mol. The smallest absolute Gasteiger partial charge is 0.303 e. The summed E-state index contributed by atoms with van der Waals surface area (Å²) in [5.74, 6) is -3.22. The van der Waals surface area contributed by atoms with Gasteiger partial charge in [0, 0.05) is 48.5 Å². The van der Waals surface area contributed by atoms with Crippen molar-refractivity contribution in [3.63, 3.8) is 0 Å². The highest BCUT2D eigenvalue weighted by molar-refractivity contribution is 8.00. The quantitative estimate of drug-likeness (QED) is 0.141. The lowest BCUT2D eigenvalue weighted by Crippen LogP contribution is -2.66. The van der Waals surface area contributed by atoms with Crippen LogP contribution in [0.4, 0.5) is 0 Å². The molecular weight excluding hydrogens is 652 g/mol. The van der Waals surface area contributed by atoms with Crippen LogP contribution in [0.1, 0.15) is 48.5 Å². The van der Waals surface area contributed by atoms with Crippen molar-refractivity contribution in [2.75, 3.05) is 19.0 Å². The first-order valence-corrected chi connectivity index (χ1v) is 15.2. The van der Waals surface area contributed by atoms with Gasteiger partial charge >= 0.3 is 41.8 Å². The number of thioether (sulfide) groups is 1. The molecule has 0 N–H and O–H groups in total. The summed E-state index contributed by atoms with van der Waals surface area (Å²) in [4.78, 5) is 84.6. The summed E-state index contributed by atoms with van der Waals surface area (Å²) in [5, 5.41) is 0. The third-order valence-corrected chi connectivity index (χ3v) is 7.26. The SMILES string of the molecule is C#CCS[C@@H]1O[C@H](COC(C)=O)[C@@H](O[C@H]2O[C@H](COC(C)=O)[C@@H](OC(C)=O)[C@H](OC(C)=O)[C@H]2OC(C)=O)[C@H](OC(C)=O)[C@H]1OC(C)=O. The zero-order valence-electron chi connectivity index (χ0n) is 26.8. The first-order valence-electron chi connectivity index (χ1n) is 14.2. The van der Waals surface area contributed by atoms with Crippen molar-refractivity contribution in [3.05, 3.63) is 0 Å². The van der Waals surface area contributed by atoms with Crippen molar-refractivity contribution < 1.29 is 80.9 Å². The van der Waals surface area contributed by atoms with E-state index in [0.717, 1.165) is 60.2 Å². The lowest BCUT2D eigenvalue weighted by molar-refractivity contribution is -0.341. The predicted octanol–water partition coefficient (Wildman–Crippen LogP) is -0.0275. The molecule has 0 bridgehead atoms. The predicted molar refractivity (Wildman–Crippen MR) is 155 cm³/mol. The van der Waals surface area contributed by atoms with E-state index in [1.807, 2.05) is 0 Å². The van der Waals surface area contributed by atoms with Crippen LogP contribution in [0.5, 0.6) is 0 Å². The van der Waals surface area contributed by atoms with Crippen molar-refractivity contribution in [1.29, 1.82) is 0 Å². The highest BCUT2D eigenvalue weighted by Crippen LogP contribution is 2.37. The van der Waals surface area contributed by atoms with Gasteiger partial charge in [-0.3, -0.25) is 33.6 Å². The third kappa shape index (κ3) is 12.3. The van der Waals surface area contributed by atoms with Crippen LogP contribution in [-0.4, -0.2) is 121 Å². The fourth-order valence-corrected chi connectivity index (χ4v) is 5.62. The Bertz CT molecular complexity index is 1210. The summed E-state index contributed by atoms with van der Waals surface area (Å²) in [5.41, 5.74) is -1.06. The molecule has 2 aliphatic rings. The maximum Gasteiger partial charge on any atom is 0.303 e. The molecule has 2 rings (SSSR count). The van der Waals surface area contributed by atoms with E-state index in [-0.39, 0.29) is 5.75 Å². The van der Waals surface area contributed by atoms with E-state index in [9.17, 15) is 33.6 Å². The molecule has 262 valence electrons. The van der Waals surface area contributed by atoms with Gasteiger partial charge in [-0.2, -0.15) is 0 Å². The Balaban J connectivity index is 2.72. The van der Waals surface area contributed by atoms with Crippen molar-refractivity contribution in [1.82, 2.24) is 0 Å². The van der Waals surface area contributed by atoms with Gasteiger partial charge in [-0.1, -0.05) is 5.92 Å². The second-order valence-corrected chi connectivity index (χ2v) is 11.3. The summed E-state index contributed by atoms with van der Waals surface area (Å²) in [6.45, 7) is 6.53. The Morgan fingerprint density at radius 1 is 0.553 bits per heavy atom. The maximum absolute atomic E-state index is 12.4. The van der Waals surface area contributed by atoms with Crippen molar-refractivity contribution in [3.8, 4) is 12.3 Å². The number of carbonyl (C=O) groups excluding carboxylic acids is 7. The zero-order valence-corrected chi connectivity index (χ0v) is 27.6. The Kier molecular flexibility index (Phi) is 15.4. The molecule has 10 atom stereocenters. The van der Waals surface area contributed by atoms with Gasteiger partial charge in [0.1, 0.15) is 37.0 Å². The molecule has 2 heterocycles. The van der Waals surface area contributed by atoms with E-state index >= 15 is 0 Å². The van der Waals surface area contributed by atoms with Crippen LogP contribution in [0.25, 0.3) is 0 Å². The molecule has 0 unspecified atom stereocenters. The van der Waals surface area contributed by atoms with E-state index in [4.69, 9.17) is 53.8 Å². The number of hydrogen-bond acceptors (Lipinski definition) is 18. The largest absolute Gasteiger partial charge is 0.463 e. The van der Waals surface area contributed by atoms with Crippen molar-refractivity contribution >= 4 is 53.5 Å². The minimum atomic E-state index is -1.75. The van der Waals surface area contributed by atoms with Crippen molar-refractivity contribution in [2.45, 2.75) is 109 Å². The van der Waals surface area contributed by atoms with Crippen LogP contribution < -0.4 is 0 Å². The average Bonchev–Trinajstić information content (AvgIpc) is 2.94. The van der Waals surface area contributed by atoms with E-state index in [0.29, 0.717) is 0 Å². The zero-order chi connectivity index (χ0) is 35.4. The third-order valence-electron chi connectivity index (χ3n) is 6.22. The van der Waals surface area contributed by atoms with Gasteiger partial charge in [-0.15, -0.1) is 18.2 Å². The van der Waals surface area contributed by atoms with E-state index in [1.54, 1.807) is 0 Å². The Labute approximate surface area is 274 Å². The molecular formula is C29H38O17S. The lowest BCUT2D eigenvalue weighted by atomic mass is 9.96. The van der Waals surface area contributed by atoms with Crippen LogP contribution in [-0.2, 0) is 80.9 Å². The van der Waals surface area contributed by atoms with Gasteiger partial charge < -0.3 is 47.4 Å². The Morgan fingerprint density at radius 3 is 1.40 bits per heavy atom. The van der Waals surface area contributed by atoms with Gasteiger partial charge in [0.25, 0.3) is 0 Å². The molecule has 0 radical (unpaired) electrons. The maximum atomic E-state index is 12.4. The van der Waals surface area contributed by atoms with Gasteiger partial charge in [0.2, 0.25) is 0 Å². The Hall–Kier alpha value is -3.92. The molecule has 0 aliphatic carbocycles. The Morgan fingerprint density at radius 2 is 0.957 bits per heavy atom. The molecule has 0 aromatic carbocycles. The van der Waals surface area contributed by atoms with Gasteiger partial charge in [0.15, 0.2) is 36.8 Å². The molecule has 47 heavy (non-hydrogen) atoms. The second-order valence-electron chi connectivity index (χ2n) is 10.2. The fraction of sp³-hybridized carbons (Fsp3) is 0.690. The summed E-state index contributed by atoms with van der Waals surface area (Å²) in [7, 11) is 0. The number of carbonyl (C=O) groups is 7. The number of rotatable bonds is 13. The minimum Gasteiger partial charge on any atom is -0.463 e. The first-order chi connectivity index (χ1) is 22.0. The molecule has 2 fully saturated rings. The first kappa shape index (κ1) is 39.3. The second kappa shape index (κ2) is 18.4. The molecule has 0 aromatic rings. The molecule has 2 saturated heterocycles. The van der Waals surface area contributed by atoms with Crippen molar-refractivity contribution in [2.24, 2.45) is 0 Å². The van der Waals surface area contributed by atoms with Gasteiger partial charge in [-0.25, -0.2) is 0 Å². The summed E-state index contributed by atoms with van der Waals surface area (Å²) in [6, 6.07) is 0. The molecule has 0 aromatic heterocycles. The van der Waals surface area contributed by atoms with E-state index in [2.05, 4.69) is 5.92 Å². The van der Waals surface area contributed by atoms with Crippen LogP contribution >= 0.6 is 11.8 Å². The molecule has 2 aliphatic heterocycles. The normalized spacial score (nSPS) is 30.0. The minimum absolute atomic E-state index is 0.0702. The molecule has 0 saturated carbocycles. The molecule has 18 heteroatoms. The number of esters is 7. The lowest BCUT2D eigenvalue weighted by Gasteiger charge is -2.48. The van der Waals surface area contributed by atoms with Crippen LogP contribution in [0.15, 0.2) is 0 Å². The van der Waals surface area contributed by atoms with Gasteiger partial charge in [0.05, 0.1) is 5.75 Å². The standard InChI is InChI=1S/C29H38O17S/c1-9-10-47-29-27(43-19(8)36)25(41-17(6)34)23(21(45-29)12-38-14(3)31)46-28-26(42-18(7)35)24(40-16(5)33)22(39-15(4)32)20(44-28)11-37-13(2)30/h1,20-29H,10-12H2,2-8H3/t20-,21-,22-,23-,24+,25+,26-,27-,28-,29+/m1/s1. The summed E-state index contributed by atoms with van der Waals surface area (Å²) >= 11 is 1.02. The summed E-state index contributed by atoms with van der Waals surface area (Å²) in [6.07, 6.45) is -8.05.